The normalized spacial score (nSPS) is 16.6. The van der Waals surface area contributed by atoms with Crippen LogP contribution in [0.3, 0.4) is 0 Å². The summed E-state index contributed by atoms with van der Waals surface area (Å²) in [6.45, 7) is 1.99. The van der Waals surface area contributed by atoms with Crippen molar-refractivity contribution in [3.63, 3.8) is 0 Å². The van der Waals surface area contributed by atoms with Gasteiger partial charge in [0.2, 0.25) is 0 Å². The molecule has 5 nitrogen and oxygen atoms in total. The number of nitrogens with two attached hydrogens (primary N) is 1. The fourth-order valence-electron chi connectivity index (χ4n) is 2.80. The van der Waals surface area contributed by atoms with Gasteiger partial charge >= 0.3 is 0 Å². The molecular formula is C13H19N5. The first-order chi connectivity index (χ1) is 8.65. The molecule has 2 aromatic rings. The smallest absolute Gasteiger partial charge is 0.119 e. The summed E-state index contributed by atoms with van der Waals surface area (Å²) >= 11 is 0. The molecule has 1 saturated carbocycles. The Balaban J connectivity index is 1.99. The molecule has 2 aromatic heterocycles. The lowest BCUT2D eigenvalue weighted by molar-refractivity contribution is 0.468. The van der Waals surface area contributed by atoms with Gasteiger partial charge in [0.1, 0.15) is 5.69 Å². The third-order valence-corrected chi connectivity index (χ3v) is 3.73. The number of anilines is 1. The molecule has 0 atom stereocenters. The van der Waals surface area contributed by atoms with Crippen molar-refractivity contribution in [1.29, 1.82) is 0 Å². The summed E-state index contributed by atoms with van der Waals surface area (Å²) in [6.07, 6.45) is 8.97. The Morgan fingerprint density at radius 1 is 1.22 bits per heavy atom. The average molecular weight is 245 g/mol. The number of nitrogens with zero attached hydrogens (tertiary/aromatic N) is 4. The molecule has 18 heavy (non-hydrogen) atoms. The third-order valence-electron chi connectivity index (χ3n) is 3.73. The van der Waals surface area contributed by atoms with Gasteiger partial charge in [-0.25, -0.2) is 0 Å². The van der Waals surface area contributed by atoms with Gasteiger partial charge in [0, 0.05) is 25.0 Å². The van der Waals surface area contributed by atoms with E-state index in [1.54, 1.807) is 4.68 Å². The summed E-state index contributed by atoms with van der Waals surface area (Å²) in [6, 6.07) is 0.526. The van der Waals surface area contributed by atoms with E-state index in [1.807, 2.05) is 31.0 Å². The summed E-state index contributed by atoms with van der Waals surface area (Å²) in [7, 11) is 1.92. The summed E-state index contributed by atoms with van der Waals surface area (Å²) < 4.78 is 3.85. The molecule has 1 aliphatic rings. The minimum atomic E-state index is 0.526. The van der Waals surface area contributed by atoms with Gasteiger partial charge in [0.05, 0.1) is 17.4 Å². The lowest BCUT2D eigenvalue weighted by Crippen LogP contribution is -2.04. The topological polar surface area (TPSA) is 61.7 Å². The Morgan fingerprint density at radius 3 is 2.56 bits per heavy atom. The van der Waals surface area contributed by atoms with Crippen molar-refractivity contribution in [3.8, 4) is 11.3 Å². The molecule has 1 fully saturated rings. The van der Waals surface area contributed by atoms with Crippen LogP contribution in [0.1, 0.15) is 37.4 Å². The van der Waals surface area contributed by atoms with Gasteiger partial charge in [-0.15, -0.1) is 0 Å². The van der Waals surface area contributed by atoms with Crippen molar-refractivity contribution in [2.75, 3.05) is 5.73 Å². The summed E-state index contributed by atoms with van der Waals surface area (Å²) in [5, 5.41) is 9.02. The highest BCUT2D eigenvalue weighted by Gasteiger charge is 2.20. The molecule has 0 radical (unpaired) electrons. The standard InChI is InChI=1S/C13H19N5/c1-9-11(7-17(2)15-9)13-12(14)8-18(16-13)10-5-3-4-6-10/h7-8,10H,3-6,14H2,1-2H3. The maximum Gasteiger partial charge on any atom is 0.119 e. The van der Waals surface area contributed by atoms with E-state index in [1.165, 1.54) is 25.7 Å². The van der Waals surface area contributed by atoms with E-state index in [4.69, 9.17) is 5.73 Å². The molecule has 0 saturated heterocycles. The van der Waals surface area contributed by atoms with Crippen molar-refractivity contribution in [3.05, 3.63) is 18.1 Å². The van der Waals surface area contributed by atoms with Crippen LogP contribution in [0.5, 0.6) is 0 Å². The number of aromatic nitrogens is 4. The summed E-state index contributed by atoms with van der Waals surface area (Å²) in [5.74, 6) is 0. The second-order valence-electron chi connectivity index (χ2n) is 5.15. The van der Waals surface area contributed by atoms with Gasteiger partial charge in [-0.3, -0.25) is 9.36 Å². The fraction of sp³-hybridized carbons (Fsp3) is 0.538. The SMILES string of the molecule is Cc1nn(C)cc1-c1nn(C2CCCC2)cc1N. The Kier molecular flexibility index (Phi) is 2.61. The van der Waals surface area contributed by atoms with Crippen LogP contribution in [0.4, 0.5) is 5.69 Å². The second kappa shape index (κ2) is 4.15. The van der Waals surface area contributed by atoms with Gasteiger partial charge in [-0.2, -0.15) is 10.2 Å². The molecule has 5 heteroatoms. The highest BCUT2D eigenvalue weighted by molar-refractivity contribution is 5.73. The van der Waals surface area contributed by atoms with Crippen molar-refractivity contribution in [1.82, 2.24) is 19.6 Å². The van der Waals surface area contributed by atoms with Crippen LogP contribution < -0.4 is 5.73 Å². The lowest BCUT2D eigenvalue weighted by Gasteiger charge is -2.08. The van der Waals surface area contributed by atoms with Gasteiger partial charge in [-0.1, -0.05) is 12.8 Å². The Morgan fingerprint density at radius 2 is 1.94 bits per heavy atom. The summed E-state index contributed by atoms with van der Waals surface area (Å²) in [4.78, 5) is 0. The van der Waals surface area contributed by atoms with Crippen LogP contribution in [0, 0.1) is 6.92 Å². The van der Waals surface area contributed by atoms with Crippen molar-refractivity contribution >= 4 is 5.69 Å². The van der Waals surface area contributed by atoms with Crippen molar-refractivity contribution < 1.29 is 0 Å². The number of rotatable bonds is 2. The van der Waals surface area contributed by atoms with Crippen LogP contribution in [-0.4, -0.2) is 19.6 Å². The molecule has 0 aromatic carbocycles. The highest BCUT2D eigenvalue weighted by atomic mass is 15.3. The molecule has 3 rings (SSSR count). The van der Waals surface area contributed by atoms with Gasteiger partial charge < -0.3 is 5.73 Å². The predicted molar refractivity (Wildman–Crippen MR) is 71.1 cm³/mol. The van der Waals surface area contributed by atoms with E-state index < -0.39 is 0 Å². The zero-order valence-electron chi connectivity index (χ0n) is 10.9. The van der Waals surface area contributed by atoms with Crippen molar-refractivity contribution in [2.45, 2.75) is 38.6 Å². The highest BCUT2D eigenvalue weighted by Crippen LogP contribution is 2.33. The zero-order chi connectivity index (χ0) is 12.7. The van der Waals surface area contributed by atoms with Crippen LogP contribution in [0.15, 0.2) is 12.4 Å². The predicted octanol–water partition coefficient (Wildman–Crippen LogP) is 2.29. The van der Waals surface area contributed by atoms with Gasteiger partial charge in [0.15, 0.2) is 0 Å². The molecule has 0 spiro atoms. The molecule has 2 heterocycles. The Bertz CT molecular complexity index is 560. The van der Waals surface area contributed by atoms with E-state index in [0.29, 0.717) is 6.04 Å². The number of nitrogen functional groups attached to an aromatic ring is 1. The molecule has 0 amide bonds. The minimum absolute atomic E-state index is 0.526. The van der Waals surface area contributed by atoms with Crippen LogP contribution in [0.2, 0.25) is 0 Å². The molecule has 0 bridgehead atoms. The van der Waals surface area contributed by atoms with Crippen molar-refractivity contribution in [2.24, 2.45) is 7.05 Å². The number of hydrogen-bond acceptors (Lipinski definition) is 3. The zero-order valence-corrected chi connectivity index (χ0v) is 10.9. The Hall–Kier alpha value is -1.78. The molecular weight excluding hydrogens is 226 g/mol. The Labute approximate surface area is 107 Å². The van der Waals surface area contributed by atoms with E-state index in [-0.39, 0.29) is 0 Å². The second-order valence-corrected chi connectivity index (χ2v) is 5.15. The third kappa shape index (κ3) is 1.79. The first kappa shape index (κ1) is 11.3. The molecule has 0 unspecified atom stereocenters. The largest absolute Gasteiger partial charge is 0.396 e. The van der Waals surface area contributed by atoms with Gasteiger partial charge in [-0.05, 0) is 19.8 Å². The van der Waals surface area contributed by atoms with E-state index in [2.05, 4.69) is 10.2 Å². The summed E-state index contributed by atoms with van der Waals surface area (Å²) in [5.41, 5.74) is 9.72. The van der Waals surface area contributed by atoms with E-state index in [0.717, 1.165) is 22.6 Å². The molecule has 2 N–H and O–H groups in total. The number of hydrogen-bond donors (Lipinski definition) is 1. The number of aryl methyl sites for hydroxylation is 2. The molecule has 1 aliphatic carbocycles. The van der Waals surface area contributed by atoms with Gasteiger partial charge in [0.25, 0.3) is 0 Å². The fourth-order valence-corrected chi connectivity index (χ4v) is 2.80. The maximum atomic E-state index is 6.10. The van der Waals surface area contributed by atoms with Crippen LogP contribution in [-0.2, 0) is 7.05 Å². The quantitative estimate of drug-likeness (QED) is 0.883. The maximum absolute atomic E-state index is 6.10. The molecule has 0 aliphatic heterocycles. The van der Waals surface area contributed by atoms with E-state index in [9.17, 15) is 0 Å². The lowest BCUT2D eigenvalue weighted by atomic mass is 10.2. The van der Waals surface area contributed by atoms with E-state index >= 15 is 0 Å². The van der Waals surface area contributed by atoms with Crippen LogP contribution in [0.25, 0.3) is 11.3 Å². The van der Waals surface area contributed by atoms with Crippen LogP contribution >= 0.6 is 0 Å². The first-order valence-electron chi connectivity index (χ1n) is 6.50. The minimum Gasteiger partial charge on any atom is -0.396 e. The monoisotopic (exact) mass is 245 g/mol. The average Bonchev–Trinajstić information content (AvgIpc) is 2.98. The molecule has 96 valence electrons. The first-order valence-corrected chi connectivity index (χ1v) is 6.50.